The van der Waals surface area contributed by atoms with Crippen LogP contribution in [0.3, 0.4) is 0 Å². The van der Waals surface area contributed by atoms with Crippen molar-refractivity contribution in [2.45, 2.75) is 98.1 Å². The van der Waals surface area contributed by atoms with Crippen molar-refractivity contribution in [2.24, 2.45) is 7.05 Å². The summed E-state index contributed by atoms with van der Waals surface area (Å²) in [7, 11) is 1.90. The molecule has 0 aliphatic carbocycles. The number of aryl methyl sites for hydroxylation is 3. The Morgan fingerprint density at radius 1 is 0.930 bits per heavy atom. The van der Waals surface area contributed by atoms with Crippen LogP contribution in [0.15, 0.2) is 66.7 Å². The summed E-state index contributed by atoms with van der Waals surface area (Å²) in [5, 5.41) is 10.0. The average Bonchev–Trinajstić information content (AvgIpc) is 3.92. The number of hydrogen-bond acceptors (Lipinski definition) is 10. The van der Waals surface area contributed by atoms with Gasteiger partial charge in [0, 0.05) is 91.5 Å². The number of fused-ring (bicyclic) bond motifs is 3. The molecular formula is C54H59ClFN7O8. The standard InChI is InChI=1S/C54H59ClFN7O8/c1-31-46(32(2)59(7)58-31)47-41(55)19-18-38-37(13-10-28-69-43-14-8-11-34-29-35(56)16-17-36(34)43)49(53(68)71-54(4,5)6)62(48(38)47)27-24-60-22-25-61(26-23-60)51(66)33(3)70-44-15-9-12-39-40(44)30-63(52(39)67)42-20-21-45(64)57-50(42)65/h8-9,11-12,14-19,29,33,42H,10,13,20-28,30H2,1-7H3,(H,57,64,65)/t33-,42+/m0/s1. The number of piperazine rings is 1. The van der Waals surface area contributed by atoms with Crippen molar-refractivity contribution in [3.63, 3.8) is 0 Å². The normalized spacial score (nSPS) is 17.0. The van der Waals surface area contributed by atoms with E-state index in [1.807, 2.05) is 76.7 Å². The molecule has 5 heterocycles. The van der Waals surface area contributed by atoms with E-state index < -0.39 is 29.6 Å². The lowest BCUT2D eigenvalue weighted by Gasteiger charge is -2.36. The van der Waals surface area contributed by atoms with E-state index in [0.717, 1.165) is 49.8 Å². The molecule has 4 aromatic carbocycles. The van der Waals surface area contributed by atoms with Crippen molar-refractivity contribution in [1.82, 2.24) is 34.4 Å². The van der Waals surface area contributed by atoms with Crippen LogP contribution in [0, 0.1) is 19.7 Å². The number of imide groups is 1. The number of nitrogens with zero attached hydrogens (tertiary/aromatic N) is 6. The number of benzene rings is 4. The van der Waals surface area contributed by atoms with Gasteiger partial charge in [-0.3, -0.25) is 34.1 Å². The summed E-state index contributed by atoms with van der Waals surface area (Å²) in [6.07, 6.45) is 0.558. The van der Waals surface area contributed by atoms with Crippen LogP contribution in [0.2, 0.25) is 5.02 Å². The third-order valence-corrected chi connectivity index (χ3v) is 14.1. The number of ether oxygens (including phenoxy) is 3. The molecule has 372 valence electrons. The Morgan fingerprint density at radius 2 is 1.66 bits per heavy atom. The molecule has 2 aromatic heterocycles. The third kappa shape index (κ3) is 9.83. The predicted octanol–water partition coefficient (Wildman–Crippen LogP) is 7.94. The minimum Gasteiger partial charge on any atom is -0.493 e. The lowest BCUT2D eigenvalue weighted by molar-refractivity contribution is -0.140. The van der Waals surface area contributed by atoms with Crippen LogP contribution in [0.5, 0.6) is 11.5 Å². The monoisotopic (exact) mass is 987 g/mol. The number of carbonyl (C=O) groups excluding carboxylic acids is 5. The quantitative estimate of drug-likeness (QED) is 0.0646. The molecular weight excluding hydrogens is 929 g/mol. The molecule has 17 heteroatoms. The fourth-order valence-corrected chi connectivity index (χ4v) is 10.5. The Balaban J connectivity index is 0.946. The Labute approximate surface area is 416 Å². The van der Waals surface area contributed by atoms with E-state index in [9.17, 15) is 28.4 Å². The highest BCUT2D eigenvalue weighted by Crippen LogP contribution is 2.43. The minimum absolute atomic E-state index is 0.129. The highest BCUT2D eigenvalue weighted by Gasteiger charge is 2.41. The van der Waals surface area contributed by atoms with Crippen LogP contribution in [0.25, 0.3) is 32.8 Å². The number of rotatable bonds is 14. The highest BCUT2D eigenvalue weighted by atomic mass is 35.5. The fourth-order valence-electron chi connectivity index (χ4n) is 10.3. The molecule has 2 atom stereocenters. The van der Waals surface area contributed by atoms with E-state index in [0.29, 0.717) is 92.1 Å². The summed E-state index contributed by atoms with van der Waals surface area (Å²) in [6, 6.07) is 18.4. The first-order valence-electron chi connectivity index (χ1n) is 24.2. The first-order chi connectivity index (χ1) is 33.9. The third-order valence-electron chi connectivity index (χ3n) is 13.8. The zero-order valence-electron chi connectivity index (χ0n) is 41.2. The number of hydrogen-bond donors (Lipinski definition) is 1. The van der Waals surface area contributed by atoms with Gasteiger partial charge >= 0.3 is 5.97 Å². The van der Waals surface area contributed by atoms with E-state index in [1.165, 1.54) is 17.0 Å². The molecule has 3 aliphatic rings. The van der Waals surface area contributed by atoms with Crippen LogP contribution >= 0.6 is 11.6 Å². The molecule has 2 fully saturated rings. The maximum absolute atomic E-state index is 14.7. The van der Waals surface area contributed by atoms with Gasteiger partial charge in [-0.05, 0) is 114 Å². The van der Waals surface area contributed by atoms with E-state index in [4.69, 9.17) is 30.9 Å². The SMILES string of the molecule is Cc1nn(C)c(C)c1-c1c(Cl)ccc2c(CCCOc3cccc4cc(F)ccc34)c(C(=O)OC(C)(C)C)n(CCN3CCN(C(=O)[C@H](C)Oc4cccc5c4CN([C@@H]4CCC(=O)NC4=O)C5=O)CC3)c12. The number of piperidine rings is 1. The average molecular weight is 989 g/mol. The molecule has 9 rings (SSSR count). The minimum atomic E-state index is -0.863. The zero-order chi connectivity index (χ0) is 50.5. The lowest BCUT2D eigenvalue weighted by atomic mass is 9.98. The van der Waals surface area contributed by atoms with Crippen molar-refractivity contribution in [2.75, 3.05) is 39.3 Å². The molecule has 0 spiro atoms. The van der Waals surface area contributed by atoms with Crippen molar-refractivity contribution < 1.29 is 42.6 Å². The van der Waals surface area contributed by atoms with Crippen LogP contribution < -0.4 is 14.8 Å². The molecule has 0 bridgehead atoms. The van der Waals surface area contributed by atoms with Gasteiger partial charge in [-0.2, -0.15) is 5.10 Å². The summed E-state index contributed by atoms with van der Waals surface area (Å²) in [4.78, 5) is 72.0. The predicted molar refractivity (Wildman–Crippen MR) is 267 cm³/mol. The number of aromatic nitrogens is 3. The maximum Gasteiger partial charge on any atom is 0.355 e. The number of amides is 4. The number of esters is 1. The van der Waals surface area contributed by atoms with Gasteiger partial charge in [0.1, 0.15) is 34.7 Å². The van der Waals surface area contributed by atoms with Gasteiger partial charge in [-0.15, -0.1) is 0 Å². The molecule has 3 aliphatic heterocycles. The van der Waals surface area contributed by atoms with Crippen LogP contribution in [-0.2, 0) is 45.7 Å². The van der Waals surface area contributed by atoms with Crippen molar-refractivity contribution in [1.29, 1.82) is 0 Å². The molecule has 1 N–H and O–H groups in total. The summed E-state index contributed by atoms with van der Waals surface area (Å²) < 4.78 is 36.7. The second-order valence-electron chi connectivity index (χ2n) is 19.7. The second-order valence-corrected chi connectivity index (χ2v) is 20.1. The van der Waals surface area contributed by atoms with Gasteiger partial charge in [-0.1, -0.05) is 35.9 Å². The lowest BCUT2D eigenvalue weighted by Crippen LogP contribution is -2.52. The van der Waals surface area contributed by atoms with Crippen molar-refractivity contribution >= 4 is 62.9 Å². The zero-order valence-corrected chi connectivity index (χ0v) is 42.0. The van der Waals surface area contributed by atoms with Crippen LogP contribution in [-0.4, -0.2) is 116 Å². The van der Waals surface area contributed by atoms with Crippen molar-refractivity contribution in [3.05, 3.63) is 111 Å². The summed E-state index contributed by atoms with van der Waals surface area (Å²) in [6.45, 7) is 14.6. The molecule has 2 saturated heterocycles. The Hall–Kier alpha value is -6.78. The Kier molecular flexibility index (Phi) is 13.7. The van der Waals surface area contributed by atoms with Gasteiger partial charge in [0.15, 0.2) is 6.10 Å². The molecule has 0 unspecified atom stereocenters. The van der Waals surface area contributed by atoms with Gasteiger partial charge in [0.25, 0.3) is 11.8 Å². The summed E-state index contributed by atoms with van der Waals surface area (Å²) >= 11 is 7.21. The topological polar surface area (TPSA) is 158 Å². The Bertz CT molecular complexity index is 3110. The van der Waals surface area contributed by atoms with E-state index in [-0.39, 0.29) is 42.9 Å². The maximum atomic E-state index is 14.7. The Morgan fingerprint density at radius 3 is 2.38 bits per heavy atom. The molecule has 71 heavy (non-hydrogen) atoms. The van der Waals surface area contributed by atoms with E-state index >= 15 is 0 Å². The smallest absolute Gasteiger partial charge is 0.355 e. The van der Waals surface area contributed by atoms with E-state index in [2.05, 4.69) is 14.8 Å². The fraction of sp³-hybridized carbons (Fsp3) is 0.407. The van der Waals surface area contributed by atoms with Gasteiger partial charge in [0.05, 0.1) is 29.4 Å². The molecule has 0 radical (unpaired) electrons. The summed E-state index contributed by atoms with van der Waals surface area (Å²) in [5.74, 6) is -1.09. The van der Waals surface area contributed by atoms with Gasteiger partial charge < -0.3 is 28.6 Å². The second kappa shape index (κ2) is 19.8. The van der Waals surface area contributed by atoms with Crippen LogP contribution in [0.1, 0.15) is 90.3 Å². The van der Waals surface area contributed by atoms with E-state index in [1.54, 1.807) is 36.1 Å². The first-order valence-corrected chi connectivity index (χ1v) is 24.6. The molecule has 6 aromatic rings. The number of carbonyl (C=O) groups is 5. The molecule has 0 saturated carbocycles. The number of nitrogens with one attached hydrogen (secondary N) is 1. The molecule has 15 nitrogen and oxygen atoms in total. The summed E-state index contributed by atoms with van der Waals surface area (Å²) in [5.41, 5.74) is 5.67. The first kappa shape index (κ1) is 49.2. The highest BCUT2D eigenvalue weighted by molar-refractivity contribution is 6.35. The van der Waals surface area contributed by atoms with Crippen molar-refractivity contribution in [3.8, 4) is 22.6 Å². The van der Waals surface area contributed by atoms with Gasteiger partial charge in [-0.25, -0.2) is 9.18 Å². The number of halogens is 2. The van der Waals surface area contributed by atoms with Gasteiger partial charge in [0.2, 0.25) is 11.8 Å². The largest absolute Gasteiger partial charge is 0.493 e. The molecule has 4 amide bonds. The van der Waals surface area contributed by atoms with Crippen LogP contribution in [0.4, 0.5) is 4.39 Å².